The number of hydrogen-bond acceptors (Lipinski definition) is 4. The van der Waals surface area contributed by atoms with Crippen LogP contribution in [0.5, 0.6) is 5.88 Å². The normalized spacial score (nSPS) is 10.8. The number of aromatic nitrogens is 3. The molecule has 20 heavy (non-hydrogen) atoms. The topological polar surface area (TPSA) is 60.0 Å². The first kappa shape index (κ1) is 12.6. The van der Waals surface area contributed by atoms with Gasteiger partial charge < -0.3 is 14.5 Å². The fourth-order valence-corrected chi connectivity index (χ4v) is 2.02. The monoisotopic (exact) mass is 269 g/mol. The average Bonchev–Trinajstić information content (AvgIpc) is 2.96. The van der Waals surface area contributed by atoms with Crippen LogP contribution in [0, 0.1) is 0 Å². The second-order valence-corrected chi connectivity index (χ2v) is 4.38. The number of methoxy groups -OCH3 is 1. The highest BCUT2D eigenvalue weighted by molar-refractivity contribution is 5.61. The molecule has 0 amide bonds. The van der Waals surface area contributed by atoms with Gasteiger partial charge in [-0.25, -0.2) is 4.98 Å². The number of nitrogens with one attached hydrogen (secondary N) is 1. The molecule has 5 heteroatoms. The standard InChI is InChI=1S/C15H15N3O2/c1-19-15-14-12(7-8-16-14)17-13(18-15)10-20-9-11-5-3-2-4-6-11/h2-8H,9-10H2,1H3,(H,17,18). The molecule has 0 fully saturated rings. The van der Waals surface area contributed by atoms with Crippen molar-refractivity contribution in [3.05, 3.63) is 54.0 Å². The number of benzene rings is 1. The van der Waals surface area contributed by atoms with Crippen molar-refractivity contribution >= 4 is 0 Å². The molecule has 0 aliphatic carbocycles. The van der Waals surface area contributed by atoms with Crippen LogP contribution in [0.15, 0.2) is 42.6 Å². The van der Waals surface area contributed by atoms with Gasteiger partial charge in [-0.05, 0) is 11.6 Å². The second kappa shape index (κ2) is 5.71. The smallest absolute Gasteiger partial charge is 0.243 e. The van der Waals surface area contributed by atoms with Crippen molar-refractivity contribution < 1.29 is 9.47 Å². The second-order valence-electron chi connectivity index (χ2n) is 4.38. The maximum absolute atomic E-state index is 5.66. The maximum Gasteiger partial charge on any atom is 0.243 e. The number of rotatable bonds is 5. The van der Waals surface area contributed by atoms with Crippen molar-refractivity contribution in [1.82, 2.24) is 15.0 Å². The third kappa shape index (κ3) is 2.62. The molecule has 0 radical (unpaired) electrons. The lowest BCUT2D eigenvalue weighted by Crippen LogP contribution is -2.04. The third-order valence-electron chi connectivity index (χ3n) is 2.96. The highest BCUT2D eigenvalue weighted by Crippen LogP contribution is 2.26. The molecule has 1 N–H and O–H groups in total. The van der Waals surface area contributed by atoms with Crippen molar-refractivity contribution in [2.75, 3.05) is 7.11 Å². The van der Waals surface area contributed by atoms with Gasteiger partial charge in [0.15, 0.2) is 0 Å². The molecule has 2 aliphatic rings. The largest absolute Gasteiger partial charge is 0.479 e. The van der Waals surface area contributed by atoms with Crippen molar-refractivity contribution in [3.63, 3.8) is 0 Å². The molecule has 102 valence electrons. The summed E-state index contributed by atoms with van der Waals surface area (Å²) in [6, 6.07) is 11.9. The minimum absolute atomic E-state index is 0.395. The van der Waals surface area contributed by atoms with E-state index in [0.29, 0.717) is 19.1 Å². The van der Waals surface area contributed by atoms with Gasteiger partial charge in [-0.15, -0.1) is 0 Å². The fraction of sp³-hybridized carbons (Fsp3) is 0.200. The molecule has 0 unspecified atom stereocenters. The van der Waals surface area contributed by atoms with E-state index in [1.54, 1.807) is 13.3 Å². The Kier molecular flexibility index (Phi) is 3.60. The summed E-state index contributed by atoms with van der Waals surface area (Å²) in [4.78, 5) is 11.7. The molecule has 3 rings (SSSR count). The highest BCUT2D eigenvalue weighted by Gasteiger charge is 2.14. The first-order chi connectivity index (χ1) is 9.86. The lowest BCUT2D eigenvalue weighted by molar-refractivity contribution is 0.101. The van der Waals surface area contributed by atoms with Gasteiger partial charge >= 0.3 is 0 Å². The highest BCUT2D eigenvalue weighted by atomic mass is 16.5. The van der Waals surface area contributed by atoms with Gasteiger partial charge in [-0.1, -0.05) is 30.3 Å². The maximum atomic E-state index is 5.66. The van der Waals surface area contributed by atoms with Gasteiger partial charge in [0.05, 0.1) is 19.4 Å². The van der Waals surface area contributed by atoms with E-state index in [1.165, 1.54) is 0 Å². The van der Waals surface area contributed by atoms with E-state index >= 15 is 0 Å². The van der Waals surface area contributed by atoms with Crippen LogP contribution in [-0.4, -0.2) is 22.1 Å². The predicted octanol–water partition coefficient (Wildman–Crippen LogP) is 2.63. The van der Waals surface area contributed by atoms with Gasteiger partial charge in [-0.2, -0.15) is 4.98 Å². The van der Waals surface area contributed by atoms with E-state index in [9.17, 15) is 0 Å². The summed E-state index contributed by atoms with van der Waals surface area (Å²) in [5, 5.41) is 0. The Bertz CT molecular complexity index is 652. The van der Waals surface area contributed by atoms with Crippen LogP contribution in [-0.2, 0) is 18.0 Å². The summed E-state index contributed by atoms with van der Waals surface area (Å²) in [5.41, 5.74) is 2.77. The molecule has 0 atom stereocenters. The first-order valence-electron chi connectivity index (χ1n) is 6.36. The number of hydrogen-bond donors (Lipinski definition) is 1. The van der Waals surface area contributed by atoms with Crippen molar-refractivity contribution in [1.29, 1.82) is 0 Å². The van der Waals surface area contributed by atoms with Gasteiger partial charge in [0.25, 0.3) is 0 Å². The van der Waals surface area contributed by atoms with Crippen LogP contribution in [0.3, 0.4) is 0 Å². The van der Waals surface area contributed by atoms with Crippen molar-refractivity contribution in [2.45, 2.75) is 13.2 Å². The number of aromatic amines is 1. The number of fused-ring (bicyclic) bond motifs is 1. The summed E-state index contributed by atoms with van der Waals surface area (Å²) in [5.74, 6) is 1.24. The van der Waals surface area contributed by atoms with E-state index in [2.05, 4.69) is 15.0 Å². The quantitative estimate of drug-likeness (QED) is 0.773. The summed E-state index contributed by atoms with van der Waals surface area (Å²) in [6.07, 6.45) is 1.72. The molecule has 0 saturated carbocycles. The summed E-state index contributed by atoms with van der Waals surface area (Å²) < 4.78 is 10.9. The number of nitrogens with zero attached hydrogens (tertiary/aromatic N) is 2. The lowest BCUT2D eigenvalue weighted by Gasteiger charge is -2.09. The summed E-state index contributed by atoms with van der Waals surface area (Å²) >= 11 is 0. The zero-order valence-corrected chi connectivity index (χ0v) is 11.2. The molecular weight excluding hydrogens is 254 g/mol. The minimum Gasteiger partial charge on any atom is -0.479 e. The number of ether oxygens (including phenoxy) is 2. The van der Waals surface area contributed by atoms with Gasteiger partial charge in [0.2, 0.25) is 5.88 Å². The average molecular weight is 269 g/mol. The van der Waals surface area contributed by atoms with Crippen LogP contribution in [0.4, 0.5) is 0 Å². The molecule has 0 aromatic heterocycles. The minimum atomic E-state index is 0.395. The van der Waals surface area contributed by atoms with Crippen LogP contribution in [0.1, 0.15) is 11.4 Å². The molecule has 0 bridgehead atoms. The van der Waals surface area contributed by atoms with Crippen LogP contribution in [0.2, 0.25) is 0 Å². The zero-order chi connectivity index (χ0) is 13.8. The Morgan fingerprint density at radius 3 is 2.75 bits per heavy atom. The van der Waals surface area contributed by atoms with Gasteiger partial charge in [0, 0.05) is 6.20 Å². The third-order valence-corrected chi connectivity index (χ3v) is 2.96. The molecule has 1 aromatic rings. The first-order valence-corrected chi connectivity index (χ1v) is 6.36. The predicted molar refractivity (Wildman–Crippen MR) is 74.5 cm³/mol. The molecule has 5 nitrogen and oxygen atoms in total. The Hall–Kier alpha value is -2.40. The Labute approximate surface area is 116 Å². The summed E-state index contributed by atoms with van der Waals surface area (Å²) in [7, 11) is 1.59. The zero-order valence-electron chi connectivity index (χ0n) is 11.2. The van der Waals surface area contributed by atoms with Crippen molar-refractivity contribution in [2.24, 2.45) is 0 Å². The molecule has 2 heterocycles. The van der Waals surface area contributed by atoms with Crippen LogP contribution in [0.25, 0.3) is 11.4 Å². The molecule has 0 spiro atoms. The van der Waals surface area contributed by atoms with Gasteiger partial charge in [0.1, 0.15) is 18.1 Å². The summed E-state index contributed by atoms with van der Waals surface area (Å²) in [6.45, 7) is 0.947. The molecule has 2 aliphatic heterocycles. The lowest BCUT2D eigenvalue weighted by atomic mass is 10.2. The Morgan fingerprint density at radius 1 is 1.10 bits per heavy atom. The van der Waals surface area contributed by atoms with Crippen molar-refractivity contribution in [3.8, 4) is 17.3 Å². The Balaban J connectivity index is 1.70. The van der Waals surface area contributed by atoms with E-state index in [-0.39, 0.29) is 0 Å². The molecular formula is C15H15N3O2. The SMILES string of the molecule is COc1nc(COCc2ccccc2)[nH]c2ccnc1-2. The van der Waals surface area contributed by atoms with Crippen LogP contribution < -0.4 is 4.74 Å². The Morgan fingerprint density at radius 2 is 1.95 bits per heavy atom. The van der Waals surface area contributed by atoms with E-state index in [0.717, 1.165) is 22.8 Å². The number of H-pyrrole nitrogens is 1. The molecule has 0 saturated heterocycles. The van der Waals surface area contributed by atoms with E-state index in [4.69, 9.17) is 9.47 Å². The van der Waals surface area contributed by atoms with E-state index < -0.39 is 0 Å². The molecule has 1 aromatic carbocycles. The van der Waals surface area contributed by atoms with E-state index in [1.807, 2.05) is 36.4 Å². The van der Waals surface area contributed by atoms with Gasteiger partial charge in [-0.3, -0.25) is 0 Å². The fourth-order valence-electron chi connectivity index (χ4n) is 2.02. The van der Waals surface area contributed by atoms with Crippen LogP contribution >= 0.6 is 0 Å².